The van der Waals surface area contributed by atoms with Gasteiger partial charge in [-0.1, -0.05) is 127 Å². The first kappa shape index (κ1) is 26.2. The van der Waals surface area contributed by atoms with Crippen molar-refractivity contribution in [2.75, 3.05) is 4.90 Å². The third-order valence-corrected chi connectivity index (χ3v) is 11.0. The van der Waals surface area contributed by atoms with Gasteiger partial charge < -0.3 is 4.90 Å². The van der Waals surface area contributed by atoms with E-state index in [9.17, 15) is 0 Å². The van der Waals surface area contributed by atoms with Gasteiger partial charge in [-0.05, 0) is 53.1 Å². The van der Waals surface area contributed by atoms with Crippen LogP contribution in [0.3, 0.4) is 0 Å². The molecule has 9 rings (SSSR count). The zero-order chi connectivity index (χ0) is 29.7. The molecule has 0 amide bonds. The topological polar surface area (TPSA) is 3.24 Å². The minimum absolute atomic E-state index is 1.14. The standard InChI is InChI=1S/C42H27NS2/c1-3-11-28(12-4-1)29-19-21-31(22-20-29)43(32-23-24-36-34-15-7-9-17-38(34)44-40(36)27-32)41-33(30-13-5-2-6-14-30)25-26-37-35-16-8-10-18-39(35)45-42(37)41/h1-27H. The van der Waals surface area contributed by atoms with Gasteiger partial charge in [0.1, 0.15) is 0 Å². The summed E-state index contributed by atoms with van der Waals surface area (Å²) in [6, 6.07) is 59.6. The van der Waals surface area contributed by atoms with Crippen molar-refractivity contribution in [1.82, 2.24) is 0 Å². The Morgan fingerprint density at radius 2 is 0.889 bits per heavy atom. The Morgan fingerprint density at radius 1 is 0.356 bits per heavy atom. The number of nitrogens with zero attached hydrogens (tertiary/aromatic N) is 1. The van der Waals surface area contributed by atoms with Crippen LogP contribution >= 0.6 is 22.7 Å². The number of hydrogen-bond donors (Lipinski definition) is 0. The lowest BCUT2D eigenvalue weighted by Gasteiger charge is -2.29. The molecule has 9 aromatic rings. The average molecular weight is 610 g/mol. The summed E-state index contributed by atoms with van der Waals surface area (Å²) in [6.07, 6.45) is 0. The minimum Gasteiger partial charge on any atom is -0.308 e. The predicted octanol–water partition coefficient (Wildman–Crippen LogP) is 13.2. The first-order valence-electron chi connectivity index (χ1n) is 15.2. The second-order valence-electron chi connectivity index (χ2n) is 11.3. The van der Waals surface area contributed by atoms with E-state index in [-0.39, 0.29) is 0 Å². The van der Waals surface area contributed by atoms with Gasteiger partial charge in [-0.3, -0.25) is 0 Å². The van der Waals surface area contributed by atoms with E-state index in [1.54, 1.807) is 0 Å². The van der Waals surface area contributed by atoms with Gasteiger partial charge in [-0.15, -0.1) is 22.7 Å². The average Bonchev–Trinajstić information content (AvgIpc) is 3.68. The lowest BCUT2D eigenvalue weighted by Crippen LogP contribution is -2.11. The van der Waals surface area contributed by atoms with Gasteiger partial charge in [0.25, 0.3) is 0 Å². The Bertz CT molecular complexity index is 2470. The van der Waals surface area contributed by atoms with Gasteiger partial charge in [-0.25, -0.2) is 0 Å². The third-order valence-electron chi connectivity index (χ3n) is 8.68. The molecule has 2 heterocycles. The van der Waals surface area contributed by atoms with E-state index in [1.165, 1.54) is 68.3 Å². The van der Waals surface area contributed by atoms with Crippen molar-refractivity contribution in [1.29, 1.82) is 0 Å². The summed E-state index contributed by atoms with van der Waals surface area (Å²) < 4.78 is 5.21. The summed E-state index contributed by atoms with van der Waals surface area (Å²) in [4.78, 5) is 2.48. The van der Waals surface area contributed by atoms with Crippen LogP contribution in [0.1, 0.15) is 0 Å². The highest BCUT2D eigenvalue weighted by atomic mass is 32.1. The predicted molar refractivity (Wildman–Crippen MR) is 198 cm³/mol. The maximum Gasteiger partial charge on any atom is 0.0718 e. The molecule has 0 aliphatic carbocycles. The maximum absolute atomic E-state index is 2.48. The Balaban J connectivity index is 1.34. The van der Waals surface area contributed by atoms with E-state index in [2.05, 4.69) is 169 Å². The van der Waals surface area contributed by atoms with Crippen LogP contribution in [0.15, 0.2) is 164 Å². The molecule has 0 radical (unpaired) electrons. The van der Waals surface area contributed by atoms with E-state index >= 15 is 0 Å². The van der Waals surface area contributed by atoms with Crippen molar-refractivity contribution < 1.29 is 0 Å². The first-order chi connectivity index (χ1) is 22.3. The van der Waals surface area contributed by atoms with E-state index in [1.807, 2.05) is 22.7 Å². The Morgan fingerprint density at radius 3 is 1.62 bits per heavy atom. The van der Waals surface area contributed by atoms with Gasteiger partial charge in [0.15, 0.2) is 0 Å². The smallest absolute Gasteiger partial charge is 0.0718 e. The van der Waals surface area contributed by atoms with E-state index in [0.717, 1.165) is 11.4 Å². The molecule has 0 aliphatic rings. The van der Waals surface area contributed by atoms with Crippen LogP contribution in [0.25, 0.3) is 62.6 Å². The number of benzene rings is 7. The molecule has 0 fully saturated rings. The van der Waals surface area contributed by atoms with Crippen LogP contribution < -0.4 is 4.90 Å². The van der Waals surface area contributed by atoms with Gasteiger partial charge in [0, 0.05) is 52.6 Å². The lowest BCUT2D eigenvalue weighted by molar-refractivity contribution is 1.31. The summed E-state index contributed by atoms with van der Waals surface area (Å²) in [7, 11) is 0. The highest BCUT2D eigenvalue weighted by molar-refractivity contribution is 7.26. The monoisotopic (exact) mass is 609 g/mol. The summed E-state index contributed by atoms with van der Waals surface area (Å²) >= 11 is 3.75. The summed E-state index contributed by atoms with van der Waals surface area (Å²) in [5.74, 6) is 0. The molecule has 7 aromatic carbocycles. The molecule has 0 spiro atoms. The zero-order valence-electron chi connectivity index (χ0n) is 24.4. The van der Waals surface area contributed by atoms with Crippen LogP contribution in [0, 0.1) is 0 Å². The molecule has 0 bridgehead atoms. The van der Waals surface area contributed by atoms with Crippen molar-refractivity contribution in [2.45, 2.75) is 0 Å². The second kappa shape index (κ2) is 10.7. The Kier molecular flexibility index (Phi) is 6.26. The molecule has 3 heteroatoms. The highest BCUT2D eigenvalue weighted by Gasteiger charge is 2.23. The summed E-state index contributed by atoms with van der Waals surface area (Å²) in [5.41, 5.74) is 8.37. The van der Waals surface area contributed by atoms with E-state index < -0.39 is 0 Å². The van der Waals surface area contributed by atoms with Crippen LogP contribution in [-0.2, 0) is 0 Å². The van der Waals surface area contributed by atoms with Crippen LogP contribution in [0.5, 0.6) is 0 Å². The van der Waals surface area contributed by atoms with Gasteiger partial charge in [-0.2, -0.15) is 0 Å². The lowest BCUT2D eigenvalue weighted by atomic mass is 9.99. The Labute approximate surface area is 269 Å². The minimum atomic E-state index is 1.14. The number of thiophene rings is 2. The molecule has 212 valence electrons. The number of fused-ring (bicyclic) bond motifs is 6. The third kappa shape index (κ3) is 4.43. The second-order valence-corrected chi connectivity index (χ2v) is 13.5. The largest absolute Gasteiger partial charge is 0.308 e. The van der Waals surface area contributed by atoms with Gasteiger partial charge in [0.05, 0.1) is 10.4 Å². The fraction of sp³-hybridized carbons (Fsp3) is 0. The van der Waals surface area contributed by atoms with E-state index in [0.29, 0.717) is 0 Å². The van der Waals surface area contributed by atoms with Crippen LogP contribution in [0.2, 0.25) is 0 Å². The highest BCUT2D eigenvalue weighted by Crippen LogP contribution is 2.50. The normalized spacial score (nSPS) is 11.6. The van der Waals surface area contributed by atoms with Crippen LogP contribution in [-0.4, -0.2) is 0 Å². The van der Waals surface area contributed by atoms with Crippen molar-refractivity contribution >= 4 is 80.1 Å². The van der Waals surface area contributed by atoms with E-state index in [4.69, 9.17) is 0 Å². The summed E-state index contributed by atoms with van der Waals surface area (Å²) in [6.45, 7) is 0. The van der Waals surface area contributed by atoms with Gasteiger partial charge in [0.2, 0.25) is 0 Å². The molecule has 0 atom stereocenters. The molecular formula is C42H27NS2. The maximum atomic E-state index is 2.48. The molecular weight excluding hydrogens is 583 g/mol. The molecule has 0 aliphatic heterocycles. The fourth-order valence-corrected chi connectivity index (χ4v) is 8.92. The molecule has 0 N–H and O–H groups in total. The molecule has 0 unspecified atom stereocenters. The fourth-order valence-electron chi connectivity index (χ4n) is 6.54. The summed E-state index contributed by atoms with van der Waals surface area (Å²) in [5, 5.41) is 5.22. The zero-order valence-corrected chi connectivity index (χ0v) is 26.0. The number of hydrogen-bond acceptors (Lipinski definition) is 3. The molecule has 0 saturated heterocycles. The van der Waals surface area contributed by atoms with Gasteiger partial charge >= 0.3 is 0 Å². The van der Waals surface area contributed by atoms with Crippen LogP contribution in [0.4, 0.5) is 17.1 Å². The number of rotatable bonds is 5. The van der Waals surface area contributed by atoms with Crippen molar-refractivity contribution in [2.24, 2.45) is 0 Å². The number of anilines is 3. The van der Waals surface area contributed by atoms with Crippen molar-refractivity contribution in [3.63, 3.8) is 0 Å². The quantitative estimate of drug-likeness (QED) is 0.188. The molecule has 1 nitrogen and oxygen atoms in total. The first-order valence-corrected chi connectivity index (χ1v) is 16.8. The molecule has 45 heavy (non-hydrogen) atoms. The molecule has 0 saturated carbocycles. The molecule has 2 aromatic heterocycles. The Hall–Kier alpha value is -5.22. The SMILES string of the molecule is c1ccc(-c2ccc(N(c3ccc4c(c3)sc3ccccc34)c3c(-c4ccccc4)ccc4c3sc3ccccc34)cc2)cc1. The van der Waals surface area contributed by atoms with Crippen molar-refractivity contribution in [3.8, 4) is 22.3 Å². The van der Waals surface area contributed by atoms with Crippen molar-refractivity contribution in [3.05, 3.63) is 164 Å².